The van der Waals surface area contributed by atoms with Crippen molar-refractivity contribution < 1.29 is 4.79 Å². The number of nitrogens with two attached hydrogens (primary N) is 1. The maximum absolute atomic E-state index is 12.7. The van der Waals surface area contributed by atoms with Crippen molar-refractivity contribution in [2.75, 3.05) is 18.8 Å². The Hall–Kier alpha value is -1.51. The van der Waals surface area contributed by atoms with Crippen LogP contribution in [0.3, 0.4) is 0 Å². The average molecular weight is 289 g/mol. The predicted molar refractivity (Wildman–Crippen MR) is 82.6 cm³/mol. The van der Waals surface area contributed by atoms with Crippen LogP contribution in [0, 0.1) is 11.8 Å². The molecule has 4 nitrogen and oxygen atoms in total. The molecule has 0 bridgehead atoms. The molecular formula is C15H19N3OS. The molecule has 1 amide bonds. The lowest BCUT2D eigenvalue weighted by atomic mass is 10.1. The highest BCUT2D eigenvalue weighted by Crippen LogP contribution is 2.26. The van der Waals surface area contributed by atoms with Gasteiger partial charge in [0.05, 0.1) is 17.7 Å². The molecule has 1 saturated heterocycles. The van der Waals surface area contributed by atoms with Crippen LogP contribution in [0.5, 0.6) is 0 Å². The third kappa shape index (κ3) is 3.14. The van der Waals surface area contributed by atoms with Crippen LogP contribution < -0.4 is 5.73 Å². The molecule has 20 heavy (non-hydrogen) atoms. The molecule has 2 unspecified atom stereocenters. The minimum absolute atomic E-state index is 0.0355. The minimum atomic E-state index is 0.0355. The van der Waals surface area contributed by atoms with Crippen molar-refractivity contribution in [3.05, 3.63) is 29.6 Å². The molecule has 2 heterocycles. The molecule has 1 aliphatic rings. The molecule has 1 aromatic rings. The molecule has 1 aliphatic heterocycles. The zero-order valence-corrected chi connectivity index (χ0v) is 12.6. The first-order valence-electron chi connectivity index (χ1n) is 6.70. The highest BCUT2D eigenvalue weighted by atomic mass is 32.2. The van der Waals surface area contributed by atoms with Crippen molar-refractivity contribution in [3.63, 3.8) is 0 Å². The summed E-state index contributed by atoms with van der Waals surface area (Å²) in [5, 5.41) is 0.452. The first-order chi connectivity index (χ1) is 9.65. The molecule has 0 aliphatic carbocycles. The molecule has 0 saturated carbocycles. The molecule has 0 radical (unpaired) electrons. The van der Waals surface area contributed by atoms with E-state index in [0.717, 1.165) is 12.3 Å². The van der Waals surface area contributed by atoms with E-state index in [0.29, 0.717) is 16.4 Å². The Kier molecular flexibility index (Phi) is 5.05. The Morgan fingerprint density at radius 2 is 2.40 bits per heavy atom. The normalized spacial score (nSPS) is 22.1. The van der Waals surface area contributed by atoms with Crippen molar-refractivity contribution in [2.45, 2.75) is 25.1 Å². The maximum Gasteiger partial charge on any atom is 0.255 e. The van der Waals surface area contributed by atoms with Gasteiger partial charge in [-0.05, 0) is 13.0 Å². The second-order valence-corrected chi connectivity index (χ2v) is 6.23. The lowest BCUT2D eigenvalue weighted by molar-refractivity contribution is 0.0698. The molecule has 5 heteroatoms. The van der Waals surface area contributed by atoms with Gasteiger partial charge in [-0.15, -0.1) is 0 Å². The Morgan fingerprint density at radius 1 is 1.60 bits per heavy atom. The molecule has 0 aromatic carbocycles. The third-order valence-corrected chi connectivity index (χ3v) is 4.86. The summed E-state index contributed by atoms with van der Waals surface area (Å²) in [4.78, 5) is 18.7. The third-order valence-electron chi connectivity index (χ3n) is 3.52. The fourth-order valence-electron chi connectivity index (χ4n) is 2.20. The number of rotatable bonds is 1. The monoisotopic (exact) mass is 289 g/mol. The summed E-state index contributed by atoms with van der Waals surface area (Å²) in [5.41, 5.74) is 6.66. The summed E-state index contributed by atoms with van der Waals surface area (Å²) in [6.07, 6.45) is 3.26. The molecule has 2 N–H and O–H groups in total. The van der Waals surface area contributed by atoms with Gasteiger partial charge >= 0.3 is 0 Å². The lowest BCUT2D eigenvalue weighted by Crippen LogP contribution is -2.48. The first-order valence-corrected chi connectivity index (χ1v) is 7.75. The zero-order valence-electron chi connectivity index (χ0n) is 11.8. The molecule has 1 aromatic heterocycles. The Morgan fingerprint density at radius 3 is 3.15 bits per heavy atom. The van der Waals surface area contributed by atoms with Crippen LogP contribution in [0.25, 0.3) is 0 Å². The van der Waals surface area contributed by atoms with E-state index in [1.165, 1.54) is 0 Å². The summed E-state index contributed by atoms with van der Waals surface area (Å²) < 4.78 is 0. The number of aromatic nitrogens is 1. The fourth-order valence-corrected chi connectivity index (χ4v) is 3.30. The van der Waals surface area contributed by atoms with E-state index in [4.69, 9.17) is 5.73 Å². The largest absolute Gasteiger partial charge is 0.334 e. The number of amides is 1. The van der Waals surface area contributed by atoms with Crippen LogP contribution in [-0.2, 0) is 0 Å². The second kappa shape index (κ2) is 6.78. The van der Waals surface area contributed by atoms with E-state index in [1.807, 2.05) is 16.7 Å². The number of hydrogen-bond donors (Lipinski definition) is 1. The van der Waals surface area contributed by atoms with Crippen LogP contribution in [0.4, 0.5) is 0 Å². The molecule has 2 atom stereocenters. The van der Waals surface area contributed by atoms with Crippen molar-refractivity contribution in [2.24, 2.45) is 5.73 Å². The molecule has 0 spiro atoms. The van der Waals surface area contributed by atoms with Gasteiger partial charge in [0.1, 0.15) is 0 Å². The topological polar surface area (TPSA) is 59.2 Å². The lowest BCUT2D eigenvalue weighted by Gasteiger charge is -2.37. The van der Waals surface area contributed by atoms with Gasteiger partial charge < -0.3 is 10.6 Å². The van der Waals surface area contributed by atoms with E-state index < -0.39 is 0 Å². The van der Waals surface area contributed by atoms with Gasteiger partial charge in [-0.3, -0.25) is 9.78 Å². The van der Waals surface area contributed by atoms with Crippen LogP contribution in [-0.4, -0.2) is 45.9 Å². The Labute approximate surface area is 124 Å². The van der Waals surface area contributed by atoms with E-state index in [2.05, 4.69) is 30.7 Å². The first kappa shape index (κ1) is 14.9. The van der Waals surface area contributed by atoms with Crippen LogP contribution in [0.2, 0.25) is 0 Å². The SMILES string of the molecule is CC1SCCN(C(=O)c2ccncc2C#CCN)C1C. The summed E-state index contributed by atoms with van der Waals surface area (Å²) in [6.45, 7) is 5.31. The van der Waals surface area contributed by atoms with Crippen molar-refractivity contribution in [3.8, 4) is 11.8 Å². The molecule has 106 valence electrons. The number of carbonyl (C=O) groups excluding carboxylic acids is 1. The second-order valence-electron chi connectivity index (χ2n) is 4.74. The number of pyridine rings is 1. The van der Waals surface area contributed by atoms with Crippen LogP contribution in [0.1, 0.15) is 29.8 Å². The van der Waals surface area contributed by atoms with E-state index in [-0.39, 0.29) is 18.5 Å². The number of nitrogens with zero attached hydrogens (tertiary/aromatic N) is 2. The smallest absolute Gasteiger partial charge is 0.255 e. The summed E-state index contributed by atoms with van der Waals surface area (Å²) in [6, 6.07) is 1.96. The summed E-state index contributed by atoms with van der Waals surface area (Å²) in [7, 11) is 0. The van der Waals surface area contributed by atoms with E-state index in [9.17, 15) is 4.79 Å². The summed E-state index contributed by atoms with van der Waals surface area (Å²) >= 11 is 1.91. The Bertz CT molecular complexity index is 550. The minimum Gasteiger partial charge on any atom is -0.334 e. The standard InChI is InChI=1S/C15H19N3OS/c1-11-12(2)20-9-8-18(11)15(19)14-5-7-17-10-13(14)4-3-6-16/h5,7,10-12H,6,8-9,16H2,1-2H3. The number of hydrogen-bond acceptors (Lipinski definition) is 4. The van der Waals surface area contributed by atoms with Crippen molar-refractivity contribution in [1.29, 1.82) is 0 Å². The summed E-state index contributed by atoms with van der Waals surface area (Å²) in [5.74, 6) is 6.73. The number of thioether (sulfide) groups is 1. The van der Waals surface area contributed by atoms with Crippen molar-refractivity contribution in [1.82, 2.24) is 9.88 Å². The van der Waals surface area contributed by atoms with E-state index in [1.54, 1.807) is 18.5 Å². The van der Waals surface area contributed by atoms with Gasteiger partial charge in [0.15, 0.2) is 0 Å². The molecule has 2 rings (SSSR count). The quantitative estimate of drug-likeness (QED) is 0.793. The zero-order chi connectivity index (χ0) is 14.5. The number of carbonyl (C=O) groups is 1. The van der Waals surface area contributed by atoms with Crippen LogP contribution >= 0.6 is 11.8 Å². The van der Waals surface area contributed by atoms with Gasteiger partial charge in [0, 0.05) is 36.0 Å². The van der Waals surface area contributed by atoms with Gasteiger partial charge in [0.2, 0.25) is 0 Å². The van der Waals surface area contributed by atoms with Crippen molar-refractivity contribution >= 4 is 17.7 Å². The Balaban J connectivity index is 2.29. The van der Waals surface area contributed by atoms with Gasteiger partial charge in [-0.25, -0.2) is 0 Å². The predicted octanol–water partition coefficient (Wildman–Crippen LogP) is 1.36. The highest BCUT2D eigenvalue weighted by molar-refractivity contribution is 8.00. The molecular weight excluding hydrogens is 270 g/mol. The highest BCUT2D eigenvalue weighted by Gasteiger charge is 2.30. The fraction of sp³-hybridized carbons (Fsp3) is 0.467. The van der Waals surface area contributed by atoms with Gasteiger partial charge in [-0.2, -0.15) is 11.8 Å². The van der Waals surface area contributed by atoms with Gasteiger partial charge in [-0.1, -0.05) is 18.8 Å². The molecule has 1 fully saturated rings. The maximum atomic E-state index is 12.7. The van der Waals surface area contributed by atoms with E-state index >= 15 is 0 Å². The average Bonchev–Trinajstić information content (AvgIpc) is 2.47. The van der Waals surface area contributed by atoms with Gasteiger partial charge in [0.25, 0.3) is 5.91 Å². The van der Waals surface area contributed by atoms with Crippen LogP contribution in [0.15, 0.2) is 18.5 Å².